The Balaban J connectivity index is 2.07. The minimum Gasteiger partial charge on any atom is -0.493 e. The average Bonchev–Trinajstić information content (AvgIpc) is 2.53. The summed E-state index contributed by atoms with van der Waals surface area (Å²) in [4.78, 5) is 8.58. The van der Waals surface area contributed by atoms with Crippen molar-refractivity contribution in [1.82, 2.24) is 9.97 Å². The Bertz CT molecular complexity index is 951. The van der Waals surface area contributed by atoms with Crippen LogP contribution >= 0.6 is 0 Å². The summed E-state index contributed by atoms with van der Waals surface area (Å²) < 4.78 is 24.4. The van der Waals surface area contributed by atoms with E-state index in [0.717, 1.165) is 27.6 Å². The van der Waals surface area contributed by atoms with Crippen LogP contribution < -0.4 is 4.74 Å². The van der Waals surface area contributed by atoms with E-state index in [0.29, 0.717) is 5.75 Å². The van der Waals surface area contributed by atoms with Gasteiger partial charge < -0.3 is 4.74 Å². The van der Waals surface area contributed by atoms with Gasteiger partial charge in [-0.15, -0.1) is 0 Å². The highest BCUT2D eigenvalue weighted by molar-refractivity contribution is 7.90. The smallest absolute Gasteiger partial charge is 0.163 e. The van der Waals surface area contributed by atoms with E-state index in [-0.39, 0.29) is 5.75 Å². The quantitative estimate of drug-likeness (QED) is 0.796. The summed E-state index contributed by atoms with van der Waals surface area (Å²) in [5.41, 5.74) is 3.69. The molecule has 0 saturated heterocycles. The van der Waals surface area contributed by atoms with Crippen LogP contribution in [0.3, 0.4) is 0 Å². The molecule has 6 heteroatoms. The number of pyridine rings is 2. The van der Waals surface area contributed by atoms with Crippen LogP contribution in [0, 0.1) is 4.78 Å². The lowest BCUT2D eigenvalue weighted by atomic mass is 10.0. The summed E-state index contributed by atoms with van der Waals surface area (Å²) in [5.74, 6) is 0.903. The van der Waals surface area contributed by atoms with Gasteiger partial charge in [0, 0.05) is 33.8 Å². The van der Waals surface area contributed by atoms with Crippen molar-refractivity contribution in [3.05, 3.63) is 54.5 Å². The summed E-state index contributed by atoms with van der Waals surface area (Å²) in [7, 11) is -0.935. The van der Waals surface area contributed by atoms with Gasteiger partial charge in [-0.3, -0.25) is 14.7 Å². The Morgan fingerprint density at radius 3 is 2.57 bits per heavy atom. The second kappa shape index (κ2) is 5.96. The van der Waals surface area contributed by atoms with Gasteiger partial charge in [-0.05, 0) is 22.8 Å². The lowest BCUT2D eigenvalue weighted by Gasteiger charge is -2.09. The summed E-state index contributed by atoms with van der Waals surface area (Å²) in [6, 6.07) is 9.69. The molecule has 0 fully saturated rings. The van der Waals surface area contributed by atoms with E-state index in [9.17, 15) is 4.21 Å². The molecule has 3 rings (SSSR count). The monoisotopic (exact) mass is 327 g/mol. The third-order valence-corrected chi connectivity index (χ3v) is 4.43. The fourth-order valence-corrected chi connectivity index (χ4v) is 3.37. The molecule has 23 heavy (non-hydrogen) atoms. The molecule has 0 amide bonds. The van der Waals surface area contributed by atoms with E-state index < -0.39 is 9.73 Å². The molecule has 1 aromatic carbocycles. The predicted octanol–water partition coefficient (Wildman–Crippen LogP) is 3.48. The van der Waals surface area contributed by atoms with Crippen LogP contribution in [0.2, 0.25) is 0 Å². The summed E-state index contributed by atoms with van der Waals surface area (Å²) in [6.07, 6.45) is 6.62. The van der Waals surface area contributed by atoms with Crippen molar-refractivity contribution in [2.24, 2.45) is 0 Å². The maximum absolute atomic E-state index is 11.6. The Morgan fingerprint density at radius 2 is 1.91 bits per heavy atom. The first kappa shape index (κ1) is 15.4. The molecule has 0 spiro atoms. The van der Waals surface area contributed by atoms with Crippen molar-refractivity contribution in [3.63, 3.8) is 0 Å². The van der Waals surface area contributed by atoms with Gasteiger partial charge in [0.25, 0.3) is 0 Å². The molecule has 0 radical (unpaired) electrons. The maximum atomic E-state index is 11.6. The van der Waals surface area contributed by atoms with Crippen molar-refractivity contribution < 1.29 is 8.95 Å². The number of nitrogens with one attached hydrogen (secondary N) is 1. The van der Waals surface area contributed by atoms with E-state index >= 15 is 0 Å². The number of hydrogen-bond donors (Lipinski definition) is 1. The minimum absolute atomic E-state index is 0.264. The highest BCUT2D eigenvalue weighted by atomic mass is 32.2. The normalized spacial score (nSPS) is 13.7. The Morgan fingerprint density at radius 1 is 1.17 bits per heavy atom. The first-order valence-corrected chi connectivity index (χ1v) is 9.19. The van der Waals surface area contributed by atoms with E-state index in [1.807, 2.05) is 30.3 Å². The van der Waals surface area contributed by atoms with Crippen molar-refractivity contribution in [2.75, 3.05) is 13.4 Å². The second-order valence-corrected chi connectivity index (χ2v) is 7.74. The first-order valence-electron chi connectivity index (χ1n) is 7.05. The van der Waals surface area contributed by atoms with E-state index in [2.05, 4.69) is 9.97 Å². The summed E-state index contributed by atoms with van der Waals surface area (Å²) in [5, 5.41) is 0.916. The molecule has 5 nitrogen and oxygen atoms in total. The van der Waals surface area contributed by atoms with E-state index in [1.54, 1.807) is 25.7 Å². The Kier molecular flexibility index (Phi) is 4.00. The lowest BCUT2D eigenvalue weighted by Crippen LogP contribution is -1.98. The molecule has 0 aliphatic heterocycles. The molecule has 1 atom stereocenters. The van der Waals surface area contributed by atoms with Gasteiger partial charge in [0.1, 0.15) is 5.52 Å². The van der Waals surface area contributed by atoms with Gasteiger partial charge in [-0.2, -0.15) is 0 Å². The van der Waals surface area contributed by atoms with Crippen molar-refractivity contribution >= 4 is 20.6 Å². The molecule has 0 aliphatic rings. The molecule has 0 aliphatic carbocycles. The van der Waals surface area contributed by atoms with E-state index in [4.69, 9.17) is 9.52 Å². The maximum Gasteiger partial charge on any atom is 0.163 e. The topological polar surface area (TPSA) is 75.9 Å². The molecule has 2 aromatic heterocycles. The predicted molar refractivity (Wildman–Crippen MR) is 92.0 cm³/mol. The zero-order chi connectivity index (χ0) is 16.4. The standard InChI is InChI=1S/C17H17N3O2S/c1-22-16-10-19-9-15-14(7-8-20-17(15)16)13-5-3-12(4-6-13)11-23(2,18)21/h3-10,18H,11H2,1-2H3. The first-order chi connectivity index (χ1) is 11.0. The fraction of sp³-hybridized carbons (Fsp3) is 0.176. The second-order valence-electron chi connectivity index (χ2n) is 5.44. The molecule has 118 valence electrons. The van der Waals surface area contributed by atoms with Gasteiger partial charge in [-0.1, -0.05) is 24.3 Å². The largest absolute Gasteiger partial charge is 0.493 e. The zero-order valence-electron chi connectivity index (χ0n) is 12.9. The number of fused-ring (bicyclic) bond motifs is 1. The lowest BCUT2D eigenvalue weighted by molar-refractivity contribution is 0.417. The van der Waals surface area contributed by atoms with Gasteiger partial charge >= 0.3 is 0 Å². The van der Waals surface area contributed by atoms with Gasteiger partial charge in [0.2, 0.25) is 0 Å². The number of rotatable bonds is 4. The van der Waals surface area contributed by atoms with Gasteiger partial charge in [-0.25, -0.2) is 4.21 Å². The number of nitrogens with zero attached hydrogens (tertiary/aromatic N) is 2. The number of benzene rings is 1. The van der Waals surface area contributed by atoms with Crippen LogP contribution in [0.25, 0.3) is 22.0 Å². The minimum atomic E-state index is -2.53. The van der Waals surface area contributed by atoms with Crippen LogP contribution in [0.4, 0.5) is 0 Å². The number of ether oxygens (including phenoxy) is 1. The van der Waals surface area contributed by atoms with Gasteiger partial charge in [0.15, 0.2) is 5.75 Å². The van der Waals surface area contributed by atoms with Crippen LogP contribution in [0.1, 0.15) is 5.56 Å². The molecular formula is C17H17N3O2S. The molecule has 3 aromatic rings. The summed E-state index contributed by atoms with van der Waals surface area (Å²) in [6.45, 7) is 0. The van der Waals surface area contributed by atoms with Crippen LogP contribution in [0.15, 0.2) is 48.9 Å². The molecule has 0 bridgehead atoms. The highest BCUT2D eigenvalue weighted by Crippen LogP contribution is 2.31. The third kappa shape index (κ3) is 3.32. The average molecular weight is 327 g/mol. The molecule has 1 N–H and O–H groups in total. The Labute approximate surface area is 135 Å². The number of hydrogen-bond acceptors (Lipinski definition) is 5. The zero-order valence-corrected chi connectivity index (χ0v) is 13.8. The molecular weight excluding hydrogens is 310 g/mol. The van der Waals surface area contributed by atoms with Crippen LogP contribution in [-0.4, -0.2) is 27.5 Å². The van der Waals surface area contributed by atoms with Crippen molar-refractivity contribution in [1.29, 1.82) is 4.78 Å². The van der Waals surface area contributed by atoms with Crippen molar-refractivity contribution in [3.8, 4) is 16.9 Å². The van der Waals surface area contributed by atoms with E-state index in [1.165, 1.54) is 6.26 Å². The Hall–Kier alpha value is -2.47. The summed E-state index contributed by atoms with van der Waals surface area (Å²) >= 11 is 0. The third-order valence-electron chi connectivity index (χ3n) is 3.55. The number of methoxy groups -OCH3 is 1. The molecule has 2 heterocycles. The SMILES string of the molecule is COc1cncc2c(-c3ccc(CS(C)(=N)=O)cc3)ccnc12. The fourth-order valence-electron chi connectivity index (χ4n) is 2.54. The highest BCUT2D eigenvalue weighted by Gasteiger charge is 2.09. The molecule has 0 saturated carbocycles. The van der Waals surface area contributed by atoms with Crippen LogP contribution in [0.5, 0.6) is 5.75 Å². The van der Waals surface area contributed by atoms with Gasteiger partial charge in [0.05, 0.1) is 19.1 Å². The molecule has 1 unspecified atom stereocenters. The number of aromatic nitrogens is 2. The van der Waals surface area contributed by atoms with Crippen LogP contribution in [-0.2, 0) is 15.5 Å². The van der Waals surface area contributed by atoms with Crippen molar-refractivity contribution in [2.45, 2.75) is 5.75 Å².